The van der Waals surface area contributed by atoms with Gasteiger partial charge in [0, 0.05) is 44.1 Å². The first-order valence-corrected chi connectivity index (χ1v) is 18.1. The summed E-state index contributed by atoms with van der Waals surface area (Å²) >= 11 is 0. The van der Waals surface area contributed by atoms with Crippen molar-refractivity contribution in [3.05, 3.63) is 0 Å². The van der Waals surface area contributed by atoms with Gasteiger partial charge in [0.1, 0.15) is 12.1 Å². The van der Waals surface area contributed by atoms with E-state index >= 15 is 0 Å². The van der Waals surface area contributed by atoms with Crippen molar-refractivity contribution in [3.8, 4) is 0 Å². The molecule has 260 valence electrons. The molecule has 0 spiro atoms. The number of hydrogen-bond donors (Lipinski definition) is 3. The summed E-state index contributed by atoms with van der Waals surface area (Å²) < 4.78 is 6.38. The number of carbonyl (C=O) groups is 1. The zero-order valence-electron chi connectivity index (χ0n) is 29.8. The van der Waals surface area contributed by atoms with E-state index in [1.165, 1.54) is 32.1 Å². The third kappa shape index (κ3) is 7.16. The van der Waals surface area contributed by atoms with E-state index in [0.717, 1.165) is 25.8 Å². The summed E-state index contributed by atoms with van der Waals surface area (Å²) in [7, 11) is 10.7. The fourth-order valence-electron chi connectivity index (χ4n) is 11.0. The van der Waals surface area contributed by atoms with E-state index in [4.69, 9.17) is 9.57 Å². The van der Waals surface area contributed by atoms with Crippen molar-refractivity contribution in [2.45, 2.75) is 115 Å². The Morgan fingerprint density at radius 1 is 1.11 bits per heavy atom. The summed E-state index contributed by atoms with van der Waals surface area (Å²) in [6, 6.07) is 0.0732. The lowest BCUT2D eigenvalue weighted by Crippen LogP contribution is -2.62. The third-order valence-electron chi connectivity index (χ3n) is 13.5. The number of aliphatic hydroxyl groups excluding tert-OH is 2. The molecule has 0 aromatic rings. The normalized spacial score (nSPS) is 44.2. The molecule has 14 atom stereocenters. The highest BCUT2D eigenvalue weighted by Crippen LogP contribution is 2.61. The number of aliphatic hydroxyl groups is 2. The number of fused-ring (bicyclic) bond motifs is 2. The first kappa shape index (κ1) is 35.5. The average molecular weight is 635 g/mol. The van der Waals surface area contributed by atoms with Gasteiger partial charge < -0.3 is 30.1 Å². The van der Waals surface area contributed by atoms with Crippen molar-refractivity contribution < 1.29 is 24.6 Å². The van der Waals surface area contributed by atoms with Gasteiger partial charge >= 0.3 is 0 Å². The van der Waals surface area contributed by atoms with Crippen LogP contribution >= 0.6 is 0 Å². The van der Waals surface area contributed by atoms with Crippen molar-refractivity contribution >= 4 is 5.91 Å². The van der Waals surface area contributed by atoms with Crippen molar-refractivity contribution in [1.82, 2.24) is 20.2 Å². The van der Waals surface area contributed by atoms with Crippen LogP contribution in [0.15, 0.2) is 0 Å². The van der Waals surface area contributed by atoms with Crippen LogP contribution in [0.2, 0.25) is 0 Å². The molecule has 0 aromatic heterocycles. The number of nitrogens with zero attached hydrogens (tertiary/aromatic N) is 3. The van der Waals surface area contributed by atoms with Crippen LogP contribution in [0.4, 0.5) is 0 Å². The lowest BCUT2D eigenvalue weighted by atomic mass is 9.45. The Kier molecular flexibility index (Phi) is 11.3. The number of carbonyl (C=O) groups excluding carboxylic acids is 1. The smallest absolute Gasteiger partial charge is 0.240 e. The average Bonchev–Trinajstić information content (AvgIpc) is 3.35. The van der Waals surface area contributed by atoms with Gasteiger partial charge in [-0.3, -0.25) is 9.63 Å². The first-order chi connectivity index (χ1) is 21.3. The molecular weight excluding hydrogens is 568 g/mol. The number of hydrogen-bond acceptors (Lipinski definition) is 8. The summed E-state index contributed by atoms with van der Waals surface area (Å²) in [4.78, 5) is 25.3. The molecule has 6 fully saturated rings. The fourth-order valence-corrected chi connectivity index (χ4v) is 11.0. The van der Waals surface area contributed by atoms with Crippen LogP contribution in [0.1, 0.15) is 79.1 Å². The molecule has 6 aliphatic rings. The first-order valence-electron chi connectivity index (χ1n) is 18.1. The summed E-state index contributed by atoms with van der Waals surface area (Å²) in [5.41, 5.74) is 0.345. The molecule has 45 heavy (non-hydrogen) atoms. The Morgan fingerprint density at radius 2 is 1.84 bits per heavy atom. The standard InChI is InChI=1S/C36H66N4O5/c1-21-29-16-26(36(29,3)4)17-30(21)37-35(43)33-32(22(2)42)31(20-41)45-40(33)19-24-11-10-12-28(34(24)44-9)25-13-23(18-38(5)6)14-27(15-25)39(7)8/h21-34,41-42H,10-20H2,1-9H3,(H,37,43)/t21-,22-,23?,24?,25?,26+,27?,28?,29-,30-,31-,32+,33-,34?/m0/s1. The maximum absolute atomic E-state index is 14.2. The van der Waals surface area contributed by atoms with Gasteiger partial charge in [0.15, 0.2) is 0 Å². The summed E-state index contributed by atoms with van der Waals surface area (Å²) in [5.74, 6) is 3.08. The molecule has 1 saturated heterocycles. The maximum Gasteiger partial charge on any atom is 0.240 e. The molecule has 9 nitrogen and oxygen atoms in total. The molecule has 5 aliphatic carbocycles. The van der Waals surface area contributed by atoms with Gasteiger partial charge in [-0.1, -0.05) is 27.2 Å². The van der Waals surface area contributed by atoms with Gasteiger partial charge in [0.05, 0.1) is 18.8 Å². The Hall–Kier alpha value is -0.810. The SMILES string of the molecule is COC1C(CN2O[C@@H](CO)[C@@H]([C@H](C)O)[C@H]2C(=O)N[C@H]2C[C@H]3C[C@@H]([C@@H]2C)C3(C)C)CCCC1C1CC(CN(C)C)CC(N(C)C)C1. The van der Waals surface area contributed by atoms with Gasteiger partial charge in [-0.15, -0.1) is 0 Å². The minimum Gasteiger partial charge on any atom is -0.394 e. The summed E-state index contributed by atoms with van der Waals surface area (Å²) in [5, 5.41) is 26.5. The van der Waals surface area contributed by atoms with Crippen LogP contribution < -0.4 is 5.32 Å². The van der Waals surface area contributed by atoms with Gasteiger partial charge in [-0.2, -0.15) is 5.06 Å². The molecule has 0 radical (unpaired) electrons. The van der Waals surface area contributed by atoms with Crippen molar-refractivity contribution in [1.29, 1.82) is 0 Å². The molecule has 5 saturated carbocycles. The summed E-state index contributed by atoms with van der Waals surface area (Å²) in [6.45, 7) is 10.2. The van der Waals surface area contributed by atoms with Gasteiger partial charge in [0.25, 0.3) is 0 Å². The highest BCUT2D eigenvalue weighted by Gasteiger charge is 2.58. The molecule has 1 heterocycles. The Balaban J connectivity index is 1.32. The number of nitrogens with one attached hydrogen (secondary N) is 1. The number of ether oxygens (including phenoxy) is 1. The van der Waals surface area contributed by atoms with Gasteiger partial charge in [-0.25, -0.2) is 0 Å². The molecule has 6 rings (SSSR count). The fraction of sp³-hybridized carbons (Fsp3) is 0.972. The monoisotopic (exact) mass is 635 g/mol. The Morgan fingerprint density at radius 3 is 2.42 bits per heavy atom. The van der Waals surface area contributed by atoms with Gasteiger partial charge in [-0.05, 0) is 121 Å². The number of amides is 1. The minimum atomic E-state index is -0.782. The van der Waals surface area contributed by atoms with E-state index < -0.39 is 24.2 Å². The number of hydroxylamine groups is 2. The third-order valence-corrected chi connectivity index (χ3v) is 13.5. The number of rotatable bonds is 11. The van der Waals surface area contributed by atoms with Crippen LogP contribution in [0.5, 0.6) is 0 Å². The highest BCUT2D eigenvalue weighted by atomic mass is 16.7. The predicted molar refractivity (Wildman–Crippen MR) is 177 cm³/mol. The van der Waals surface area contributed by atoms with Crippen LogP contribution in [-0.2, 0) is 14.4 Å². The topological polar surface area (TPSA) is 97.7 Å². The lowest BCUT2D eigenvalue weighted by Gasteiger charge is -2.62. The molecule has 3 N–H and O–H groups in total. The molecule has 2 bridgehead atoms. The van der Waals surface area contributed by atoms with Crippen molar-refractivity contribution in [3.63, 3.8) is 0 Å². The molecule has 6 unspecified atom stereocenters. The van der Waals surface area contributed by atoms with E-state index in [9.17, 15) is 15.0 Å². The number of methoxy groups -OCH3 is 1. The highest BCUT2D eigenvalue weighted by molar-refractivity contribution is 5.82. The van der Waals surface area contributed by atoms with Crippen LogP contribution in [-0.4, -0.2) is 122 Å². The molecule has 1 amide bonds. The molecule has 9 heteroatoms. The lowest BCUT2D eigenvalue weighted by molar-refractivity contribution is -0.193. The Bertz CT molecular complexity index is 992. The maximum atomic E-state index is 14.2. The Labute approximate surface area is 273 Å². The van der Waals surface area contributed by atoms with Crippen LogP contribution in [0.3, 0.4) is 0 Å². The largest absolute Gasteiger partial charge is 0.394 e. The molecular formula is C36H66N4O5. The van der Waals surface area contributed by atoms with E-state index in [0.29, 0.717) is 53.5 Å². The van der Waals surface area contributed by atoms with Gasteiger partial charge in [0.2, 0.25) is 5.91 Å². The minimum absolute atomic E-state index is 0.0678. The second-order valence-electron chi connectivity index (χ2n) is 17.0. The molecule has 1 aliphatic heterocycles. The quantitative estimate of drug-likeness (QED) is 0.318. The van der Waals surface area contributed by atoms with E-state index in [1.807, 2.05) is 12.2 Å². The van der Waals surface area contributed by atoms with E-state index in [2.05, 4.69) is 64.1 Å². The second kappa shape index (κ2) is 14.4. The van der Waals surface area contributed by atoms with Crippen LogP contribution in [0.25, 0.3) is 0 Å². The second-order valence-corrected chi connectivity index (χ2v) is 17.0. The van der Waals surface area contributed by atoms with E-state index in [-0.39, 0.29) is 30.6 Å². The zero-order valence-corrected chi connectivity index (χ0v) is 29.8. The summed E-state index contributed by atoms with van der Waals surface area (Å²) in [6.07, 6.45) is 7.99. The van der Waals surface area contributed by atoms with Crippen molar-refractivity contribution in [2.24, 2.45) is 52.8 Å². The van der Waals surface area contributed by atoms with Crippen molar-refractivity contribution in [2.75, 3.05) is 55.0 Å². The van der Waals surface area contributed by atoms with E-state index in [1.54, 1.807) is 6.92 Å². The molecule has 0 aromatic carbocycles. The zero-order chi connectivity index (χ0) is 32.8. The van der Waals surface area contributed by atoms with Crippen LogP contribution in [0, 0.1) is 52.8 Å². The predicted octanol–water partition coefficient (Wildman–Crippen LogP) is 3.49.